The molecular formula is C21H21FN4O4. The van der Waals surface area contributed by atoms with Gasteiger partial charge < -0.3 is 24.2 Å². The summed E-state index contributed by atoms with van der Waals surface area (Å²) in [5.41, 5.74) is 1.18. The number of hydrogen-bond donors (Lipinski definition) is 1. The minimum absolute atomic E-state index is 0.289. The molecule has 0 bridgehead atoms. The van der Waals surface area contributed by atoms with Gasteiger partial charge in [-0.15, -0.1) is 0 Å². The highest BCUT2D eigenvalue weighted by atomic mass is 19.1. The summed E-state index contributed by atoms with van der Waals surface area (Å²) < 4.78 is 29.1. The molecule has 2 heterocycles. The largest absolute Gasteiger partial charge is 0.497 e. The summed E-state index contributed by atoms with van der Waals surface area (Å²) in [6.07, 6.45) is 1.52. The Hall–Kier alpha value is -3.62. The van der Waals surface area contributed by atoms with Crippen LogP contribution in [0.25, 0.3) is 11.4 Å². The third-order valence-corrected chi connectivity index (χ3v) is 4.99. The van der Waals surface area contributed by atoms with Crippen LogP contribution in [0, 0.1) is 5.82 Å². The van der Waals surface area contributed by atoms with Gasteiger partial charge in [0, 0.05) is 18.2 Å². The molecule has 1 aliphatic heterocycles. The van der Waals surface area contributed by atoms with Crippen molar-refractivity contribution in [2.45, 2.75) is 18.9 Å². The van der Waals surface area contributed by atoms with E-state index >= 15 is 0 Å². The summed E-state index contributed by atoms with van der Waals surface area (Å²) in [5, 5.41) is 6.86. The van der Waals surface area contributed by atoms with Gasteiger partial charge in [0.1, 0.15) is 23.4 Å². The van der Waals surface area contributed by atoms with Gasteiger partial charge in [0.25, 0.3) is 0 Å². The summed E-state index contributed by atoms with van der Waals surface area (Å²) in [7, 11) is 3.09. The number of carbonyl (C=O) groups is 1. The number of amides is 2. The molecule has 4 rings (SSSR count). The van der Waals surface area contributed by atoms with Crippen molar-refractivity contribution in [2.24, 2.45) is 0 Å². The Morgan fingerprint density at radius 1 is 1.20 bits per heavy atom. The number of methoxy groups -OCH3 is 2. The zero-order chi connectivity index (χ0) is 21.1. The second kappa shape index (κ2) is 8.40. The number of rotatable bonds is 5. The van der Waals surface area contributed by atoms with E-state index in [0.717, 1.165) is 6.42 Å². The third-order valence-electron chi connectivity index (χ3n) is 4.99. The van der Waals surface area contributed by atoms with Crippen molar-refractivity contribution in [3.05, 3.63) is 54.2 Å². The molecular weight excluding hydrogens is 391 g/mol. The van der Waals surface area contributed by atoms with Crippen molar-refractivity contribution in [1.29, 1.82) is 0 Å². The normalized spacial score (nSPS) is 15.8. The van der Waals surface area contributed by atoms with Crippen molar-refractivity contribution in [3.63, 3.8) is 0 Å². The molecule has 0 aliphatic carbocycles. The lowest BCUT2D eigenvalue weighted by Gasteiger charge is -2.23. The van der Waals surface area contributed by atoms with Crippen LogP contribution in [0.5, 0.6) is 11.5 Å². The molecule has 1 aliphatic rings. The van der Waals surface area contributed by atoms with Gasteiger partial charge in [0.05, 0.1) is 19.9 Å². The molecule has 2 amide bonds. The van der Waals surface area contributed by atoms with Gasteiger partial charge in [0.2, 0.25) is 11.7 Å². The second-order valence-electron chi connectivity index (χ2n) is 6.81. The fraction of sp³-hybridized carbons (Fsp3) is 0.286. The molecule has 1 N–H and O–H groups in total. The molecule has 0 saturated carbocycles. The van der Waals surface area contributed by atoms with Crippen LogP contribution in [0.3, 0.4) is 0 Å². The Morgan fingerprint density at radius 3 is 2.73 bits per heavy atom. The lowest BCUT2D eigenvalue weighted by molar-refractivity contribution is 0.193. The number of anilines is 1. The van der Waals surface area contributed by atoms with Gasteiger partial charge in [-0.05, 0) is 49.2 Å². The number of nitrogens with one attached hydrogen (secondary N) is 1. The van der Waals surface area contributed by atoms with Crippen LogP contribution in [0.15, 0.2) is 47.0 Å². The molecule has 2 aromatic carbocycles. The van der Waals surface area contributed by atoms with E-state index in [1.165, 1.54) is 19.2 Å². The van der Waals surface area contributed by atoms with Gasteiger partial charge in [-0.1, -0.05) is 5.16 Å². The first kappa shape index (κ1) is 19.7. The summed E-state index contributed by atoms with van der Waals surface area (Å²) >= 11 is 0. The third kappa shape index (κ3) is 3.91. The maximum absolute atomic E-state index is 13.1. The smallest absolute Gasteiger partial charge is 0.322 e. The van der Waals surface area contributed by atoms with Gasteiger partial charge in [-0.25, -0.2) is 9.18 Å². The van der Waals surface area contributed by atoms with Gasteiger partial charge in [-0.2, -0.15) is 4.98 Å². The SMILES string of the molecule is COc1ccc(NC(=O)N2CCCC2c2nc(-c3ccc(F)cc3)no2)c(OC)c1. The van der Waals surface area contributed by atoms with Crippen LogP contribution in [-0.2, 0) is 0 Å². The predicted octanol–water partition coefficient (Wildman–Crippen LogP) is 4.26. The summed E-state index contributed by atoms with van der Waals surface area (Å²) in [4.78, 5) is 19.0. The molecule has 8 nitrogen and oxygen atoms in total. The van der Waals surface area contributed by atoms with E-state index in [-0.39, 0.29) is 17.9 Å². The Kier molecular flexibility index (Phi) is 5.51. The standard InChI is InChI=1S/C21H21FN4O4/c1-28-15-9-10-16(18(12-15)29-2)23-21(27)26-11-3-4-17(26)20-24-19(25-30-20)13-5-7-14(22)8-6-13/h5-10,12,17H,3-4,11H2,1-2H3,(H,23,27). The quantitative estimate of drug-likeness (QED) is 0.673. The van der Waals surface area contributed by atoms with Crippen molar-refractivity contribution in [2.75, 3.05) is 26.1 Å². The van der Waals surface area contributed by atoms with Crippen molar-refractivity contribution in [1.82, 2.24) is 15.0 Å². The number of ether oxygens (including phenoxy) is 2. The van der Waals surface area contributed by atoms with E-state index in [0.29, 0.717) is 47.4 Å². The van der Waals surface area contributed by atoms with E-state index < -0.39 is 0 Å². The van der Waals surface area contributed by atoms with E-state index in [1.807, 2.05) is 0 Å². The van der Waals surface area contributed by atoms with Crippen LogP contribution in [0.4, 0.5) is 14.9 Å². The summed E-state index contributed by atoms with van der Waals surface area (Å²) in [5.74, 6) is 1.49. The maximum Gasteiger partial charge on any atom is 0.322 e. The van der Waals surface area contributed by atoms with Gasteiger partial charge >= 0.3 is 6.03 Å². The number of carbonyl (C=O) groups excluding carboxylic acids is 1. The van der Waals surface area contributed by atoms with E-state index in [9.17, 15) is 9.18 Å². The highest BCUT2D eigenvalue weighted by Gasteiger charge is 2.34. The van der Waals surface area contributed by atoms with E-state index in [4.69, 9.17) is 14.0 Å². The number of urea groups is 1. The molecule has 1 fully saturated rings. The van der Waals surface area contributed by atoms with Crippen molar-refractivity contribution in [3.8, 4) is 22.9 Å². The number of nitrogens with zero attached hydrogens (tertiary/aromatic N) is 3. The highest BCUT2D eigenvalue weighted by Crippen LogP contribution is 2.34. The highest BCUT2D eigenvalue weighted by molar-refractivity contribution is 5.91. The zero-order valence-corrected chi connectivity index (χ0v) is 16.6. The molecule has 0 radical (unpaired) electrons. The minimum Gasteiger partial charge on any atom is -0.497 e. The van der Waals surface area contributed by atoms with Gasteiger partial charge in [-0.3, -0.25) is 0 Å². The molecule has 3 aromatic rings. The first-order valence-electron chi connectivity index (χ1n) is 9.48. The maximum atomic E-state index is 13.1. The Balaban J connectivity index is 1.51. The van der Waals surface area contributed by atoms with Crippen LogP contribution in [-0.4, -0.2) is 41.8 Å². The molecule has 156 valence electrons. The Morgan fingerprint density at radius 2 is 2.00 bits per heavy atom. The molecule has 1 saturated heterocycles. The van der Waals surface area contributed by atoms with Gasteiger partial charge in [0.15, 0.2) is 0 Å². The summed E-state index contributed by atoms with van der Waals surface area (Å²) in [6, 6.07) is 10.4. The zero-order valence-electron chi connectivity index (χ0n) is 16.6. The topological polar surface area (TPSA) is 89.7 Å². The van der Waals surface area contributed by atoms with E-state index in [1.54, 1.807) is 42.3 Å². The molecule has 30 heavy (non-hydrogen) atoms. The van der Waals surface area contributed by atoms with Crippen LogP contribution >= 0.6 is 0 Å². The van der Waals surface area contributed by atoms with Crippen LogP contribution < -0.4 is 14.8 Å². The monoisotopic (exact) mass is 412 g/mol. The van der Waals surface area contributed by atoms with Crippen LogP contribution in [0.2, 0.25) is 0 Å². The first-order chi connectivity index (χ1) is 14.6. The predicted molar refractivity (Wildman–Crippen MR) is 107 cm³/mol. The number of aromatic nitrogens is 2. The molecule has 0 spiro atoms. The molecule has 1 aromatic heterocycles. The van der Waals surface area contributed by atoms with Crippen LogP contribution in [0.1, 0.15) is 24.8 Å². The fourth-order valence-electron chi connectivity index (χ4n) is 3.44. The molecule has 9 heteroatoms. The molecule has 1 atom stereocenters. The second-order valence-corrected chi connectivity index (χ2v) is 6.81. The Labute approximate surface area is 172 Å². The van der Waals surface area contributed by atoms with Crippen molar-refractivity contribution >= 4 is 11.7 Å². The van der Waals surface area contributed by atoms with E-state index in [2.05, 4.69) is 15.5 Å². The summed E-state index contributed by atoms with van der Waals surface area (Å²) in [6.45, 7) is 0.559. The minimum atomic E-state index is -0.338. The Bertz CT molecular complexity index is 1040. The lowest BCUT2D eigenvalue weighted by atomic mass is 10.2. The number of benzene rings is 2. The number of hydrogen-bond acceptors (Lipinski definition) is 6. The first-order valence-corrected chi connectivity index (χ1v) is 9.48. The fourth-order valence-corrected chi connectivity index (χ4v) is 3.44. The lowest BCUT2D eigenvalue weighted by Crippen LogP contribution is -2.34. The number of likely N-dealkylation sites (tertiary alicyclic amines) is 1. The average molecular weight is 412 g/mol. The van der Waals surface area contributed by atoms with Crippen molar-refractivity contribution < 1.29 is 23.2 Å². The average Bonchev–Trinajstić information content (AvgIpc) is 3.44. The molecule has 1 unspecified atom stereocenters. The number of halogens is 1.